The number of benzene rings is 1. The molecule has 1 fully saturated rings. The van der Waals surface area contributed by atoms with E-state index in [1.165, 1.54) is 20.0 Å². The number of halogens is 1. The maximum absolute atomic E-state index is 12.0. The summed E-state index contributed by atoms with van der Waals surface area (Å²) in [5.74, 6) is 1.44. The topological polar surface area (TPSA) is 56.8 Å². The molecule has 0 spiro atoms. The summed E-state index contributed by atoms with van der Waals surface area (Å²) in [7, 11) is 1.38. The van der Waals surface area contributed by atoms with Crippen molar-refractivity contribution in [1.29, 1.82) is 0 Å². The van der Waals surface area contributed by atoms with Crippen molar-refractivity contribution in [3.8, 4) is 11.5 Å². The molecule has 0 bridgehead atoms. The van der Waals surface area contributed by atoms with Gasteiger partial charge in [-0.15, -0.1) is 0 Å². The van der Waals surface area contributed by atoms with Crippen LogP contribution in [0.5, 0.6) is 11.5 Å². The number of hydrogen-bond acceptors (Lipinski definition) is 5. The highest BCUT2D eigenvalue weighted by Gasteiger charge is 2.28. The molecule has 6 heteroatoms. The first kappa shape index (κ1) is 14.5. The molecule has 114 valence electrons. The lowest BCUT2D eigenvalue weighted by molar-refractivity contribution is -0.143. The van der Waals surface area contributed by atoms with Gasteiger partial charge in [0.25, 0.3) is 0 Å². The second-order valence-electron chi connectivity index (χ2n) is 5.33. The Morgan fingerprint density at radius 1 is 1.43 bits per heavy atom. The smallest absolute Gasteiger partial charge is 0.327 e. The molecule has 1 N–H and O–H groups in total. The molecule has 1 unspecified atom stereocenters. The average Bonchev–Trinajstić information content (AvgIpc) is 3.31. The fraction of sp³-hybridized carbons (Fsp3) is 0.533. The Morgan fingerprint density at radius 3 is 2.90 bits per heavy atom. The SMILES string of the molecule is COC(=O)C(NCC1CC1)c1cc(Cl)c2c(c1)OCCO2. The van der Waals surface area contributed by atoms with Crippen LogP contribution in [0.15, 0.2) is 12.1 Å². The summed E-state index contributed by atoms with van der Waals surface area (Å²) in [5, 5.41) is 3.70. The third-order valence-electron chi connectivity index (χ3n) is 3.70. The van der Waals surface area contributed by atoms with Crippen LogP contribution in [0.2, 0.25) is 5.02 Å². The van der Waals surface area contributed by atoms with Crippen molar-refractivity contribution in [2.24, 2.45) is 5.92 Å². The Kier molecular flexibility index (Phi) is 4.22. The summed E-state index contributed by atoms with van der Waals surface area (Å²) in [5.41, 5.74) is 0.733. The molecule has 1 saturated carbocycles. The second kappa shape index (κ2) is 6.12. The van der Waals surface area contributed by atoms with E-state index in [4.69, 9.17) is 25.8 Å². The zero-order chi connectivity index (χ0) is 14.8. The molecule has 1 aliphatic heterocycles. The van der Waals surface area contributed by atoms with E-state index in [1.807, 2.05) is 0 Å². The van der Waals surface area contributed by atoms with Crippen LogP contribution in [0.1, 0.15) is 24.4 Å². The van der Waals surface area contributed by atoms with E-state index >= 15 is 0 Å². The summed E-state index contributed by atoms with van der Waals surface area (Å²) in [6, 6.07) is 2.99. The minimum atomic E-state index is -0.538. The van der Waals surface area contributed by atoms with Crippen molar-refractivity contribution < 1.29 is 19.0 Å². The highest BCUT2D eigenvalue weighted by atomic mass is 35.5. The van der Waals surface area contributed by atoms with Gasteiger partial charge in [0.15, 0.2) is 11.5 Å². The van der Waals surface area contributed by atoms with Crippen molar-refractivity contribution in [2.75, 3.05) is 26.9 Å². The van der Waals surface area contributed by atoms with E-state index in [9.17, 15) is 4.79 Å². The van der Waals surface area contributed by atoms with Gasteiger partial charge in [-0.25, -0.2) is 4.79 Å². The zero-order valence-electron chi connectivity index (χ0n) is 11.9. The third-order valence-corrected chi connectivity index (χ3v) is 3.98. The van der Waals surface area contributed by atoms with Gasteiger partial charge >= 0.3 is 5.97 Å². The molecular formula is C15H18ClNO4. The van der Waals surface area contributed by atoms with E-state index < -0.39 is 6.04 Å². The highest BCUT2D eigenvalue weighted by molar-refractivity contribution is 6.32. The van der Waals surface area contributed by atoms with E-state index in [0.717, 1.165) is 12.1 Å². The number of hydrogen-bond donors (Lipinski definition) is 1. The first-order valence-electron chi connectivity index (χ1n) is 7.09. The molecule has 1 atom stereocenters. The molecule has 3 rings (SSSR count). The minimum Gasteiger partial charge on any atom is -0.486 e. The minimum absolute atomic E-state index is 0.330. The number of carbonyl (C=O) groups is 1. The molecule has 21 heavy (non-hydrogen) atoms. The molecule has 2 aliphatic rings. The summed E-state index contributed by atoms with van der Waals surface area (Å²) < 4.78 is 15.9. The first-order chi connectivity index (χ1) is 10.2. The lowest BCUT2D eigenvalue weighted by atomic mass is 10.1. The molecule has 0 aromatic heterocycles. The molecule has 0 saturated heterocycles. The van der Waals surface area contributed by atoms with E-state index in [0.29, 0.717) is 35.7 Å². The van der Waals surface area contributed by atoms with Gasteiger partial charge in [-0.2, -0.15) is 0 Å². The highest BCUT2D eigenvalue weighted by Crippen LogP contribution is 2.40. The number of methoxy groups -OCH3 is 1. The first-order valence-corrected chi connectivity index (χ1v) is 7.47. The van der Waals surface area contributed by atoms with Gasteiger partial charge in [0.05, 0.1) is 12.1 Å². The van der Waals surface area contributed by atoms with Crippen LogP contribution >= 0.6 is 11.6 Å². The van der Waals surface area contributed by atoms with Gasteiger partial charge < -0.3 is 19.5 Å². The number of carbonyl (C=O) groups excluding carboxylic acids is 1. The van der Waals surface area contributed by atoms with Gasteiger partial charge in [-0.3, -0.25) is 0 Å². The maximum atomic E-state index is 12.0. The third kappa shape index (κ3) is 3.24. The standard InChI is InChI=1S/C15H18ClNO4/c1-19-15(18)13(17-8-9-2-3-9)10-6-11(16)14-12(7-10)20-4-5-21-14/h6-7,9,13,17H,2-5,8H2,1H3. The number of rotatable bonds is 5. The van der Waals surface area contributed by atoms with Gasteiger partial charge in [0.2, 0.25) is 0 Å². The van der Waals surface area contributed by atoms with Crippen molar-refractivity contribution in [3.05, 3.63) is 22.7 Å². The van der Waals surface area contributed by atoms with Gasteiger partial charge in [-0.1, -0.05) is 11.6 Å². The van der Waals surface area contributed by atoms with Crippen molar-refractivity contribution in [3.63, 3.8) is 0 Å². The predicted octanol–water partition coefficient (Wildman–Crippen LogP) is 2.32. The second-order valence-corrected chi connectivity index (χ2v) is 5.74. The maximum Gasteiger partial charge on any atom is 0.327 e. The van der Waals surface area contributed by atoms with Crippen molar-refractivity contribution in [1.82, 2.24) is 5.32 Å². The van der Waals surface area contributed by atoms with Crippen LogP contribution in [0, 0.1) is 5.92 Å². The van der Waals surface area contributed by atoms with E-state index in [-0.39, 0.29) is 5.97 Å². The van der Waals surface area contributed by atoms with Gasteiger partial charge in [-0.05, 0) is 43.0 Å². The van der Waals surface area contributed by atoms with E-state index in [1.54, 1.807) is 12.1 Å². The lowest BCUT2D eigenvalue weighted by Gasteiger charge is -2.23. The summed E-state index contributed by atoms with van der Waals surface area (Å²) in [4.78, 5) is 12.0. The lowest BCUT2D eigenvalue weighted by Crippen LogP contribution is -2.31. The van der Waals surface area contributed by atoms with E-state index in [2.05, 4.69) is 5.32 Å². The quantitative estimate of drug-likeness (QED) is 0.846. The molecule has 1 aliphatic carbocycles. The summed E-state index contributed by atoms with van der Waals surface area (Å²) in [6.07, 6.45) is 2.42. The molecule has 1 heterocycles. The Balaban J connectivity index is 1.86. The van der Waals surface area contributed by atoms with Gasteiger partial charge in [0, 0.05) is 0 Å². The van der Waals surface area contributed by atoms with Crippen LogP contribution in [0.25, 0.3) is 0 Å². The Bertz CT molecular complexity index is 545. The number of nitrogens with one attached hydrogen (secondary N) is 1. The fourth-order valence-electron chi connectivity index (χ4n) is 2.36. The Labute approximate surface area is 128 Å². The molecule has 5 nitrogen and oxygen atoms in total. The molecule has 0 radical (unpaired) electrons. The summed E-state index contributed by atoms with van der Waals surface area (Å²) in [6.45, 7) is 1.75. The van der Waals surface area contributed by atoms with Crippen LogP contribution < -0.4 is 14.8 Å². The van der Waals surface area contributed by atoms with Crippen molar-refractivity contribution in [2.45, 2.75) is 18.9 Å². The van der Waals surface area contributed by atoms with Crippen LogP contribution in [0.4, 0.5) is 0 Å². The van der Waals surface area contributed by atoms with Gasteiger partial charge in [0.1, 0.15) is 19.3 Å². The Morgan fingerprint density at radius 2 is 2.19 bits per heavy atom. The number of fused-ring (bicyclic) bond motifs is 1. The Hall–Kier alpha value is -1.46. The van der Waals surface area contributed by atoms with Crippen LogP contribution in [-0.4, -0.2) is 32.8 Å². The molecule has 1 aromatic carbocycles. The summed E-state index contributed by atoms with van der Waals surface area (Å²) >= 11 is 6.23. The zero-order valence-corrected chi connectivity index (χ0v) is 12.6. The normalized spacial score (nSPS) is 18.2. The van der Waals surface area contributed by atoms with Crippen LogP contribution in [-0.2, 0) is 9.53 Å². The monoisotopic (exact) mass is 311 g/mol. The number of esters is 1. The average molecular weight is 312 g/mol. The van der Waals surface area contributed by atoms with Crippen LogP contribution in [0.3, 0.4) is 0 Å². The number of ether oxygens (including phenoxy) is 3. The molecule has 0 amide bonds. The predicted molar refractivity (Wildman–Crippen MR) is 77.9 cm³/mol. The molecule has 1 aromatic rings. The van der Waals surface area contributed by atoms with Crippen molar-refractivity contribution >= 4 is 17.6 Å². The molecular weight excluding hydrogens is 294 g/mol. The largest absolute Gasteiger partial charge is 0.486 e. The fourth-order valence-corrected chi connectivity index (χ4v) is 2.63.